The van der Waals surface area contributed by atoms with Crippen molar-refractivity contribution in [2.24, 2.45) is 0 Å². The van der Waals surface area contributed by atoms with Crippen LogP contribution in [0.5, 0.6) is 0 Å². The zero-order valence-corrected chi connectivity index (χ0v) is 10.6. The lowest BCUT2D eigenvalue weighted by molar-refractivity contribution is 0.627. The maximum Gasteiger partial charge on any atom is 0.123 e. The molecule has 20 heavy (non-hydrogen) atoms. The van der Waals surface area contributed by atoms with E-state index in [4.69, 9.17) is 0 Å². The lowest BCUT2D eigenvalue weighted by atomic mass is 10.0. The Balaban J connectivity index is 2.01. The highest BCUT2D eigenvalue weighted by atomic mass is 19.1. The fourth-order valence-electron chi connectivity index (χ4n) is 2.03. The first kappa shape index (κ1) is 12.5. The summed E-state index contributed by atoms with van der Waals surface area (Å²) < 4.78 is 25.9. The molecule has 0 spiro atoms. The Bertz CT molecular complexity index is 658. The molecule has 1 heterocycles. The van der Waals surface area contributed by atoms with Crippen LogP contribution in [0.2, 0.25) is 0 Å². The SMILES string of the molecule is Fc1ccc(-c2ccnc(-c3ccc(F)cc3)c2)cc1. The molecular formula is C17H11F2N. The van der Waals surface area contributed by atoms with Crippen LogP contribution in [0.25, 0.3) is 22.4 Å². The molecule has 0 atom stereocenters. The first-order valence-electron chi connectivity index (χ1n) is 6.20. The fourth-order valence-corrected chi connectivity index (χ4v) is 2.03. The molecule has 0 saturated heterocycles. The second kappa shape index (κ2) is 5.21. The summed E-state index contributed by atoms with van der Waals surface area (Å²) in [5.74, 6) is -0.537. The van der Waals surface area contributed by atoms with Gasteiger partial charge in [0.2, 0.25) is 0 Å². The van der Waals surface area contributed by atoms with Crippen molar-refractivity contribution in [3.05, 3.63) is 78.5 Å². The zero-order chi connectivity index (χ0) is 13.9. The number of hydrogen-bond acceptors (Lipinski definition) is 1. The normalized spacial score (nSPS) is 10.5. The van der Waals surface area contributed by atoms with Gasteiger partial charge in [0.25, 0.3) is 0 Å². The lowest BCUT2D eigenvalue weighted by Gasteiger charge is -2.05. The molecule has 0 aliphatic rings. The minimum atomic E-state index is -0.275. The van der Waals surface area contributed by atoms with Crippen LogP contribution in [0.15, 0.2) is 66.9 Å². The van der Waals surface area contributed by atoms with Gasteiger partial charge in [-0.3, -0.25) is 4.98 Å². The van der Waals surface area contributed by atoms with E-state index < -0.39 is 0 Å². The number of rotatable bonds is 2. The minimum Gasteiger partial charge on any atom is -0.256 e. The van der Waals surface area contributed by atoms with Crippen LogP contribution in [-0.4, -0.2) is 4.98 Å². The van der Waals surface area contributed by atoms with Gasteiger partial charge in [-0.25, -0.2) is 8.78 Å². The molecule has 3 rings (SSSR count). The Morgan fingerprint density at radius 1 is 0.600 bits per heavy atom. The van der Waals surface area contributed by atoms with Crippen LogP contribution < -0.4 is 0 Å². The van der Waals surface area contributed by atoms with Gasteiger partial charge in [-0.05, 0) is 59.7 Å². The molecule has 0 radical (unpaired) electrons. The second-order valence-corrected chi connectivity index (χ2v) is 4.44. The summed E-state index contributed by atoms with van der Waals surface area (Å²) in [6.45, 7) is 0. The number of hydrogen-bond donors (Lipinski definition) is 0. The Kier molecular flexibility index (Phi) is 3.25. The van der Waals surface area contributed by atoms with Gasteiger partial charge in [0.15, 0.2) is 0 Å². The third kappa shape index (κ3) is 2.57. The Morgan fingerprint density at radius 3 is 1.75 bits per heavy atom. The Morgan fingerprint density at radius 2 is 1.15 bits per heavy atom. The minimum absolute atomic E-state index is 0.262. The maximum atomic E-state index is 12.9. The highest BCUT2D eigenvalue weighted by molar-refractivity contribution is 5.70. The third-order valence-corrected chi connectivity index (χ3v) is 3.08. The van der Waals surface area contributed by atoms with Crippen LogP contribution in [0, 0.1) is 11.6 Å². The quantitative estimate of drug-likeness (QED) is 0.656. The highest BCUT2D eigenvalue weighted by Gasteiger charge is 2.03. The summed E-state index contributed by atoms with van der Waals surface area (Å²) in [6.07, 6.45) is 1.69. The monoisotopic (exact) mass is 267 g/mol. The summed E-state index contributed by atoms with van der Waals surface area (Å²) in [4.78, 5) is 4.29. The van der Waals surface area contributed by atoms with Crippen LogP contribution in [-0.2, 0) is 0 Å². The van der Waals surface area contributed by atoms with Crippen molar-refractivity contribution in [3.8, 4) is 22.4 Å². The fraction of sp³-hybridized carbons (Fsp3) is 0. The molecule has 0 saturated carbocycles. The van der Waals surface area contributed by atoms with E-state index in [1.54, 1.807) is 30.5 Å². The van der Waals surface area contributed by atoms with Gasteiger partial charge in [0.05, 0.1) is 5.69 Å². The molecule has 0 N–H and O–H groups in total. The van der Waals surface area contributed by atoms with E-state index in [0.29, 0.717) is 0 Å². The van der Waals surface area contributed by atoms with Crippen molar-refractivity contribution >= 4 is 0 Å². The molecular weight excluding hydrogens is 256 g/mol. The standard InChI is InChI=1S/C17H11F2N/c18-15-5-1-12(2-6-15)14-9-10-20-17(11-14)13-3-7-16(19)8-4-13/h1-11H. The van der Waals surface area contributed by atoms with E-state index in [0.717, 1.165) is 22.4 Å². The van der Waals surface area contributed by atoms with Gasteiger partial charge in [-0.15, -0.1) is 0 Å². The first-order valence-corrected chi connectivity index (χ1v) is 6.20. The predicted octanol–water partition coefficient (Wildman–Crippen LogP) is 4.69. The molecule has 0 unspecified atom stereocenters. The number of nitrogens with zero attached hydrogens (tertiary/aromatic N) is 1. The Labute approximate surface area is 115 Å². The molecule has 98 valence electrons. The molecule has 0 bridgehead atoms. The van der Waals surface area contributed by atoms with Gasteiger partial charge in [0.1, 0.15) is 11.6 Å². The summed E-state index contributed by atoms with van der Waals surface area (Å²) in [6, 6.07) is 16.2. The summed E-state index contributed by atoms with van der Waals surface area (Å²) in [5.41, 5.74) is 3.46. The maximum absolute atomic E-state index is 12.9. The van der Waals surface area contributed by atoms with E-state index >= 15 is 0 Å². The Hall–Kier alpha value is -2.55. The molecule has 0 amide bonds. The molecule has 2 aromatic carbocycles. The van der Waals surface area contributed by atoms with Crippen molar-refractivity contribution in [1.82, 2.24) is 4.98 Å². The van der Waals surface area contributed by atoms with E-state index in [1.165, 1.54) is 24.3 Å². The van der Waals surface area contributed by atoms with Crippen LogP contribution in [0.1, 0.15) is 0 Å². The number of pyridine rings is 1. The second-order valence-electron chi connectivity index (χ2n) is 4.44. The predicted molar refractivity (Wildman–Crippen MR) is 75.0 cm³/mol. The van der Waals surface area contributed by atoms with Crippen molar-refractivity contribution < 1.29 is 8.78 Å². The van der Waals surface area contributed by atoms with Crippen molar-refractivity contribution in [3.63, 3.8) is 0 Å². The van der Waals surface area contributed by atoms with Crippen molar-refractivity contribution in [2.45, 2.75) is 0 Å². The van der Waals surface area contributed by atoms with Gasteiger partial charge >= 0.3 is 0 Å². The summed E-state index contributed by atoms with van der Waals surface area (Å²) in [7, 11) is 0. The number of benzene rings is 2. The van der Waals surface area contributed by atoms with E-state index in [-0.39, 0.29) is 11.6 Å². The smallest absolute Gasteiger partial charge is 0.123 e. The summed E-state index contributed by atoms with van der Waals surface area (Å²) in [5, 5.41) is 0. The number of aromatic nitrogens is 1. The van der Waals surface area contributed by atoms with Gasteiger partial charge in [-0.2, -0.15) is 0 Å². The van der Waals surface area contributed by atoms with Crippen molar-refractivity contribution in [2.75, 3.05) is 0 Å². The molecule has 3 heteroatoms. The first-order chi connectivity index (χ1) is 9.72. The molecule has 1 nitrogen and oxygen atoms in total. The van der Waals surface area contributed by atoms with E-state index in [9.17, 15) is 8.78 Å². The molecule has 1 aromatic heterocycles. The third-order valence-electron chi connectivity index (χ3n) is 3.08. The topological polar surface area (TPSA) is 12.9 Å². The summed E-state index contributed by atoms with van der Waals surface area (Å²) >= 11 is 0. The average Bonchev–Trinajstić information content (AvgIpc) is 2.49. The van der Waals surface area contributed by atoms with Gasteiger partial charge in [-0.1, -0.05) is 12.1 Å². The van der Waals surface area contributed by atoms with Gasteiger partial charge < -0.3 is 0 Å². The van der Waals surface area contributed by atoms with Crippen LogP contribution >= 0.6 is 0 Å². The zero-order valence-electron chi connectivity index (χ0n) is 10.6. The van der Waals surface area contributed by atoms with E-state index in [2.05, 4.69) is 4.98 Å². The molecule has 3 aromatic rings. The molecule has 0 fully saturated rings. The van der Waals surface area contributed by atoms with Crippen LogP contribution in [0.3, 0.4) is 0 Å². The largest absolute Gasteiger partial charge is 0.256 e. The molecule has 0 aliphatic heterocycles. The van der Waals surface area contributed by atoms with Crippen LogP contribution in [0.4, 0.5) is 8.78 Å². The highest BCUT2D eigenvalue weighted by Crippen LogP contribution is 2.24. The molecule has 0 aliphatic carbocycles. The number of halogens is 2. The van der Waals surface area contributed by atoms with E-state index in [1.807, 2.05) is 12.1 Å². The van der Waals surface area contributed by atoms with Gasteiger partial charge in [0, 0.05) is 11.8 Å². The van der Waals surface area contributed by atoms with Crippen molar-refractivity contribution in [1.29, 1.82) is 0 Å². The average molecular weight is 267 g/mol. The lowest BCUT2D eigenvalue weighted by Crippen LogP contribution is -1.86.